The van der Waals surface area contributed by atoms with Gasteiger partial charge in [0.1, 0.15) is 11.5 Å². The van der Waals surface area contributed by atoms with Crippen LogP contribution in [0.15, 0.2) is 11.6 Å². The highest BCUT2D eigenvalue weighted by Crippen LogP contribution is 2.37. The first-order valence-electron chi connectivity index (χ1n) is 7.13. The number of phenolic OH excluding ortho intramolecular Hbond substituents is 2. The quantitative estimate of drug-likeness (QED) is 0.551. The molecule has 0 amide bonds. The van der Waals surface area contributed by atoms with Gasteiger partial charge < -0.3 is 15.3 Å². The summed E-state index contributed by atoms with van der Waals surface area (Å²) in [6.45, 7) is 7.34. The van der Waals surface area contributed by atoms with Gasteiger partial charge in [-0.1, -0.05) is 11.6 Å². The molecule has 0 fully saturated rings. The fourth-order valence-corrected chi connectivity index (χ4v) is 2.36. The fraction of sp³-hybridized carbons (Fsp3) is 0.471. The molecule has 0 aromatic heterocycles. The first kappa shape index (κ1) is 17.1. The lowest BCUT2D eigenvalue weighted by Gasteiger charge is -2.16. The Morgan fingerprint density at radius 3 is 2.14 bits per heavy atom. The summed E-state index contributed by atoms with van der Waals surface area (Å²) in [5.74, 6) is -0.305. The van der Waals surface area contributed by atoms with Gasteiger partial charge in [0.2, 0.25) is 0 Å². The number of aliphatic carboxylic acids is 1. The number of benzene rings is 1. The van der Waals surface area contributed by atoms with Crippen LogP contribution in [-0.2, 0) is 11.2 Å². The molecule has 0 saturated carbocycles. The number of rotatable bonds is 6. The lowest BCUT2D eigenvalue weighted by atomic mass is 9.93. The number of phenols is 2. The molecule has 0 bridgehead atoms. The van der Waals surface area contributed by atoms with E-state index < -0.39 is 5.97 Å². The van der Waals surface area contributed by atoms with Crippen molar-refractivity contribution in [3.05, 3.63) is 33.9 Å². The van der Waals surface area contributed by atoms with Gasteiger partial charge in [0.15, 0.2) is 0 Å². The molecule has 0 heterocycles. The molecule has 0 unspecified atom stereocenters. The summed E-state index contributed by atoms with van der Waals surface area (Å²) in [7, 11) is 0. The normalized spacial score (nSPS) is 11.7. The fourth-order valence-electron chi connectivity index (χ4n) is 2.36. The number of hydrogen-bond acceptors (Lipinski definition) is 3. The molecule has 4 heteroatoms. The van der Waals surface area contributed by atoms with Gasteiger partial charge in [0.05, 0.1) is 0 Å². The van der Waals surface area contributed by atoms with Gasteiger partial charge in [0, 0.05) is 12.0 Å². The molecular formula is C17H24O4. The molecule has 21 heavy (non-hydrogen) atoms. The van der Waals surface area contributed by atoms with Crippen molar-refractivity contribution in [2.24, 2.45) is 0 Å². The SMILES string of the molecule is CC(=CCCC(=O)O)CCc1c(C)c(O)c(C)c(C)c1O. The number of carboxylic acids is 1. The monoisotopic (exact) mass is 292 g/mol. The largest absolute Gasteiger partial charge is 0.507 e. The van der Waals surface area contributed by atoms with Crippen molar-refractivity contribution in [1.29, 1.82) is 0 Å². The maximum absolute atomic E-state index is 10.5. The van der Waals surface area contributed by atoms with Gasteiger partial charge in [-0.2, -0.15) is 0 Å². The van der Waals surface area contributed by atoms with Crippen molar-refractivity contribution in [3.8, 4) is 11.5 Å². The Labute approximate surface area is 125 Å². The summed E-state index contributed by atoms with van der Waals surface area (Å²) >= 11 is 0. The van der Waals surface area contributed by atoms with Gasteiger partial charge in [-0.15, -0.1) is 0 Å². The lowest BCUT2D eigenvalue weighted by molar-refractivity contribution is -0.136. The third-order valence-corrected chi connectivity index (χ3v) is 3.99. The second-order valence-electron chi connectivity index (χ2n) is 5.53. The van der Waals surface area contributed by atoms with Crippen LogP contribution in [0.4, 0.5) is 0 Å². The third kappa shape index (κ3) is 4.25. The molecule has 1 rings (SSSR count). The third-order valence-electron chi connectivity index (χ3n) is 3.99. The van der Waals surface area contributed by atoms with Crippen molar-refractivity contribution in [1.82, 2.24) is 0 Å². The van der Waals surface area contributed by atoms with Crippen LogP contribution in [0.2, 0.25) is 0 Å². The van der Waals surface area contributed by atoms with E-state index in [0.29, 0.717) is 29.5 Å². The van der Waals surface area contributed by atoms with Gasteiger partial charge in [0.25, 0.3) is 0 Å². The molecule has 4 nitrogen and oxygen atoms in total. The second kappa shape index (κ2) is 7.16. The van der Waals surface area contributed by atoms with Gasteiger partial charge >= 0.3 is 5.97 Å². The van der Waals surface area contributed by atoms with Crippen LogP contribution < -0.4 is 0 Å². The minimum atomic E-state index is -0.799. The van der Waals surface area contributed by atoms with Crippen LogP contribution in [-0.4, -0.2) is 21.3 Å². The molecule has 0 aliphatic carbocycles. The molecule has 0 spiro atoms. The molecule has 0 radical (unpaired) electrons. The maximum Gasteiger partial charge on any atom is 0.303 e. The number of aromatic hydroxyl groups is 2. The van der Waals surface area contributed by atoms with E-state index in [1.807, 2.05) is 13.0 Å². The highest BCUT2D eigenvalue weighted by molar-refractivity contribution is 5.66. The number of allylic oxidation sites excluding steroid dienone is 2. The highest BCUT2D eigenvalue weighted by atomic mass is 16.4. The van der Waals surface area contributed by atoms with Crippen molar-refractivity contribution in [3.63, 3.8) is 0 Å². The van der Waals surface area contributed by atoms with E-state index in [1.54, 1.807) is 20.8 Å². The van der Waals surface area contributed by atoms with Crippen molar-refractivity contribution >= 4 is 5.97 Å². The standard InChI is InChI=1S/C17H24O4/c1-10(6-5-7-15(18)19)8-9-14-13(4)16(20)11(2)12(3)17(14)21/h6,20-21H,5,7-9H2,1-4H3,(H,18,19). The van der Waals surface area contributed by atoms with E-state index in [2.05, 4.69) is 0 Å². The van der Waals surface area contributed by atoms with Crippen LogP contribution in [0.3, 0.4) is 0 Å². The van der Waals surface area contributed by atoms with Crippen LogP contribution in [0.1, 0.15) is 48.4 Å². The minimum absolute atomic E-state index is 0.131. The Morgan fingerprint density at radius 2 is 1.57 bits per heavy atom. The zero-order chi connectivity index (χ0) is 16.2. The molecule has 3 N–H and O–H groups in total. The molecule has 1 aromatic carbocycles. The zero-order valence-electron chi connectivity index (χ0n) is 13.2. The molecule has 1 aromatic rings. The number of hydrogen-bond donors (Lipinski definition) is 3. The highest BCUT2D eigenvalue weighted by Gasteiger charge is 2.15. The van der Waals surface area contributed by atoms with Crippen molar-refractivity contribution in [2.45, 2.75) is 53.4 Å². The summed E-state index contributed by atoms with van der Waals surface area (Å²) in [6.07, 6.45) is 3.93. The Balaban J connectivity index is 2.83. The minimum Gasteiger partial charge on any atom is -0.507 e. The molecule has 0 atom stereocenters. The van der Waals surface area contributed by atoms with Gasteiger partial charge in [-0.3, -0.25) is 4.79 Å². The second-order valence-corrected chi connectivity index (χ2v) is 5.53. The zero-order valence-corrected chi connectivity index (χ0v) is 13.2. The first-order valence-corrected chi connectivity index (χ1v) is 7.13. The molecule has 116 valence electrons. The Kier molecular flexibility index (Phi) is 5.82. The maximum atomic E-state index is 10.5. The smallest absolute Gasteiger partial charge is 0.303 e. The van der Waals surface area contributed by atoms with Crippen LogP contribution in [0.25, 0.3) is 0 Å². The van der Waals surface area contributed by atoms with E-state index in [4.69, 9.17) is 5.11 Å². The average Bonchev–Trinajstić information content (AvgIpc) is 2.42. The molecule has 0 aliphatic heterocycles. The van der Waals surface area contributed by atoms with E-state index in [1.165, 1.54) is 0 Å². The van der Waals surface area contributed by atoms with E-state index in [0.717, 1.165) is 17.6 Å². The molecule has 0 aliphatic rings. The summed E-state index contributed by atoms with van der Waals surface area (Å²) in [4.78, 5) is 10.5. The Bertz CT molecular complexity index is 542. The van der Waals surface area contributed by atoms with Crippen molar-refractivity contribution in [2.75, 3.05) is 0 Å². The van der Waals surface area contributed by atoms with E-state index >= 15 is 0 Å². The van der Waals surface area contributed by atoms with Crippen LogP contribution in [0, 0.1) is 20.8 Å². The van der Waals surface area contributed by atoms with Gasteiger partial charge in [-0.25, -0.2) is 0 Å². The molecule has 0 saturated heterocycles. The summed E-state index contributed by atoms with van der Waals surface area (Å²) < 4.78 is 0. The first-order chi connectivity index (χ1) is 9.75. The predicted molar refractivity (Wildman–Crippen MR) is 82.9 cm³/mol. The topological polar surface area (TPSA) is 77.8 Å². The predicted octanol–water partition coefficient (Wildman–Crippen LogP) is 3.77. The Morgan fingerprint density at radius 1 is 1.00 bits per heavy atom. The number of carboxylic acid groups (broad SMARTS) is 1. The van der Waals surface area contributed by atoms with Crippen molar-refractivity contribution < 1.29 is 20.1 Å². The Hall–Kier alpha value is -1.97. The summed E-state index contributed by atoms with van der Waals surface area (Å²) in [5, 5.41) is 28.9. The van der Waals surface area contributed by atoms with E-state index in [9.17, 15) is 15.0 Å². The number of carbonyl (C=O) groups is 1. The summed E-state index contributed by atoms with van der Waals surface area (Å²) in [5.41, 5.74) is 3.99. The van der Waals surface area contributed by atoms with Crippen LogP contribution >= 0.6 is 0 Å². The van der Waals surface area contributed by atoms with E-state index in [-0.39, 0.29) is 17.9 Å². The average molecular weight is 292 g/mol. The lowest BCUT2D eigenvalue weighted by Crippen LogP contribution is -1.98. The summed E-state index contributed by atoms with van der Waals surface area (Å²) in [6, 6.07) is 0. The molecular weight excluding hydrogens is 268 g/mol. The van der Waals surface area contributed by atoms with Gasteiger partial charge in [-0.05, 0) is 63.6 Å². The van der Waals surface area contributed by atoms with Crippen LogP contribution in [0.5, 0.6) is 11.5 Å².